The van der Waals surface area contributed by atoms with Gasteiger partial charge in [0, 0.05) is 33.8 Å². The summed E-state index contributed by atoms with van der Waals surface area (Å²) in [5, 5.41) is 0. The molecule has 3 unspecified atom stereocenters. The van der Waals surface area contributed by atoms with E-state index in [9.17, 15) is 19.2 Å². The van der Waals surface area contributed by atoms with Gasteiger partial charge in [-0.2, -0.15) is 0 Å². The van der Waals surface area contributed by atoms with Crippen LogP contribution in [0.5, 0.6) is 5.75 Å². The quantitative estimate of drug-likeness (QED) is 0.380. The van der Waals surface area contributed by atoms with Crippen molar-refractivity contribution in [2.75, 3.05) is 34.4 Å². The van der Waals surface area contributed by atoms with Crippen LogP contribution in [0.15, 0.2) is 24.3 Å². The molecular weight excluding hydrogens is 526 g/mol. The minimum absolute atomic E-state index is 0.00716. The van der Waals surface area contributed by atoms with Crippen molar-refractivity contribution >= 4 is 23.6 Å². The highest BCUT2D eigenvalue weighted by Gasteiger charge is 2.62. The van der Waals surface area contributed by atoms with Gasteiger partial charge in [-0.3, -0.25) is 19.2 Å². The molecule has 4 N–H and O–H groups in total. The van der Waals surface area contributed by atoms with Crippen LogP contribution >= 0.6 is 0 Å². The second-order valence-corrected chi connectivity index (χ2v) is 12.4. The first kappa shape index (κ1) is 29.3. The van der Waals surface area contributed by atoms with Crippen LogP contribution < -0.4 is 16.2 Å². The Labute approximate surface area is 241 Å². The number of hydrogen-bond acceptors (Lipinski definition) is 7. The number of nitrogens with two attached hydrogens (primary N) is 2. The summed E-state index contributed by atoms with van der Waals surface area (Å²) in [4.78, 5) is 58.9. The number of hydrogen-bond donors (Lipinski definition) is 2. The zero-order valence-corrected chi connectivity index (χ0v) is 24.3. The second kappa shape index (κ2) is 11.6. The second-order valence-electron chi connectivity index (χ2n) is 12.4. The number of ether oxygens (including phenoxy) is 2. The lowest BCUT2D eigenvalue weighted by Crippen LogP contribution is -2.56. The molecule has 2 aliphatic carbocycles. The van der Waals surface area contributed by atoms with E-state index in [1.165, 1.54) is 9.80 Å². The third kappa shape index (κ3) is 5.92. The van der Waals surface area contributed by atoms with E-state index in [0.29, 0.717) is 37.8 Å². The van der Waals surface area contributed by atoms with Gasteiger partial charge in [0.25, 0.3) is 0 Å². The Balaban J connectivity index is 1.37. The molecule has 5 rings (SSSR count). The third-order valence-corrected chi connectivity index (χ3v) is 9.49. The molecule has 11 nitrogen and oxygen atoms in total. The number of carbonyl (C=O) groups excluding carboxylic acids is 4. The van der Waals surface area contributed by atoms with E-state index in [-0.39, 0.29) is 30.7 Å². The summed E-state index contributed by atoms with van der Waals surface area (Å²) in [7, 11) is 4.77. The van der Waals surface area contributed by atoms with Crippen LogP contribution in [0.2, 0.25) is 0 Å². The van der Waals surface area contributed by atoms with Crippen molar-refractivity contribution in [2.45, 2.75) is 75.7 Å². The van der Waals surface area contributed by atoms with Crippen molar-refractivity contribution in [1.82, 2.24) is 14.7 Å². The Kier molecular flexibility index (Phi) is 8.29. The molecule has 4 aliphatic rings. The van der Waals surface area contributed by atoms with Crippen LogP contribution in [-0.2, 0) is 30.5 Å². The molecule has 1 aromatic rings. The summed E-state index contributed by atoms with van der Waals surface area (Å²) < 4.78 is 11.1. The van der Waals surface area contributed by atoms with Crippen LogP contribution in [0.25, 0.3) is 0 Å². The maximum atomic E-state index is 14.2. The molecule has 0 radical (unpaired) electrons. The third-order valence-electron chi connectivity index (χ3n) is 9.49. The fourth-order valence-corrected chi connectivity index (χ4v) is 6.62. The van der Waals surface area contributed by atoms with Crippen LogP contribution in [0.1, 0.15) is 50.5 Å². The molecule has 1 spiro atoms. The standard InChI is InChI=1S/C30H43N5O6/c1-33(27(37)22(31)12-18-4-5-18)23(13-19-6-7-19)28(38)35-17-30(14-24(35)26(32)36)25(41-3)16-34(29(30)39)15-20-8-10-21(40-2)11-9-20/h8-11,18-19,22-25H,4-7,12-17,31H2,1-3H3,(H2,32,36)/t22?,23?,24-,25?,30-/m0/s1. The van der Waals surface area contributed by atoms with E-state index in [1.54, 1.807) is 26.2 Å². The van der Waals surface area contributed by atoms with Gasteiger partial charge in [-0.1, -0.05) is 37.8 Å². The molecule has 4 amide bonds. The molecule has 224 valence electrons. The fourth-order valence-electron chi connectivity index (χ4n) is 6.62. The van der Waals surface area contributed by atoms with Crippen LogP contribution in [0, 0.1) is 17.3 Å². The molecule has 2 saturated carbocycles. The lowest BCUT2D eigenvalue weighted by molar-refractivity contribution is -0.148. The smallest absolute Gasteiger partial charge is 0.246 e. The normalized spacial score (nSPS) is 27.3. The van der Waals surface area contributed by atoms with Gasteiger partial charge in [-0.05, 0) is 48.8 Å². The lowest BCUT2D eigenvalue weighted by atomic mass is 9.81. The van der Waals surface area contributed by atoms with Crippen molar-refractivity contribution in [3.8, 4) is 5.75 Å². The van der Waals surface area contributed by atoms with Gasteiger partial charge < -0.3 is 35.6 Å². The number of likely N-dealkylation sites (N-methyl/N-ethyl adjacent to an activating group) is 1. The van der Waals surface area contributed by atoms with Gasteiger partial charge in [0.1, 0.15) is 17.8 Å². The number of carbonyl (C=O) groups is 4. The first-order valence-electron chi connectivity index (χ1n) is 14.6. The molecule has 2 heterocycles. The van der Waals surface area contributed by atoms with Gasteiger partial charge in [0.15, 0.2) is 0 Å². The monoisotopic (exact) mass is 569 g/mol. The fraction of sp³-hybridized carbons (Fsp3) is 0.667. The van der Waals surface area contributed by atoms with Crippen molar-refractivity contribution in [1.29, 1.82) is 0 Å². The minimum atomic E-state index is -1.11. The lowest BCUT2D eigenvalue weighted by Gasteiger charge is -2.34. The largest absolute Gasteiger partial charge is 0.497 e. The topological polar surface area (TPSA) is 148 Å². The predicted molar refractivity (Wildman–Crippen MR) is 150 cm³/mol. The molecule has 11 heteroatoms. The summed E-state index contributed by atoms with van der Waals surface area (Å²) in [6.45, 7) is 0.696. The summed E-state index contributed by atoms with van der Waals surface area (Å²) >= 11 is 0. The molecule has 4 fully saturated rings. The Hall–Kier alpha value is -3.18. The summed E-state index contributed by atoms with van der Waals surface area (Å²) in [5.41, 5.74) is 11.9. The average molecular weight is 570 g/mol. The maximum Gasteiger partial charge on any atom is 0.246 e. The number of methoxy groups -OCH3 is 2. The molecule has 0 aromatic heterocycles. The predicted octanol–water partition coefficient (Wildman–Crippen LogP) is 0.880. The number of amides is 4. The molecule has 1 aromatic carbocycles. The molecule has 2 aliphatic heterocycles. The Morgan fingerprint density at radius 1 is 1.07 bits per heavy atom. The molecule has 41 heavy (non-hydrogen) atoms. The van der Waals surface area contributed by atoms with Gasteiger partial charge in [0.2, 0.25) is 23.6 Å². The van der Waals surface area contributed by atoms with Crippen molar-refractivity contribution in [2.24, 2.45) is 28.7 Å². The minimum Gasteiger partial charge on any atom is -0.497 e. The highest BCUT2D eigenvalue weighted by molar-refractivity contribution is 5.96. The van der Waals surface area contributed by atoms with Crippen molar-refractivity contribution < 1.29 is 28.7 Å². The van der Waals surface area contributed by atoms with E-state index in [1.807, 2.05) is 24.3 Å². The zero-order valence-electron chi connectivity index (χ0n) is 24.3. The van der Waals surface area contributed by atoms with E-state index >= 15 is 0 Å². The van der Waals surface area contributed by atoms with Gasteiger partial charge >= 0.3 is 0 Å². The number of likely N-dealkylation sites (tertiary alicyclic amines) is 2. The Bertz CT molecular complexity index is 1170. The van der Waals surface area contributed by atoms with Gasteiger partial charge in [0.05, 0.1) is 24.7 Å². The van der Waals surface area contributed by atoms with E-state index < -0.39 is 35.6 Å². The highest BCUT2D eigenvalue weighted by atomic mass is 16.5. The number of benzene rings is 1. The van der Waals surface area contributed by atoms with Crippen LogP contribution in [0.3, 0.4) is 0 Å². The summed E-state index contributed by atoms with van der Waals surface area (Å²) in [5.74, 6) is 0.0633. The van der Waals surface area contributed by atoms with E-state index in [2.05, 4.69) is 0 Å². The first-order chi connectivity index (χ1) is 19.6. The average Bonchev–Trinajstić information content (AvgIpc) is 3.90. The molecule has 2 saturated heterocycles. The first-order valence-corrected chi connectivity index (χ1v) is 14.6. The maximum absolute atomic E-state index is 14.2. The van der Waals surface area contributed by atoms with Gasteiger partial charge in [-0.25, -0.2) is 0 Å². The summed E-state index contributed by atoms with van der Waals surface area (Å²) in [6, 6.07) is 5.07. The molecule has 5 atom stereocenters. The van der Waals surface area contributed by atoms with Crippen molar-refractivity contribution in [3.05, 3.63) is 29.8 Å². The Morgan fingerprint density at radius 3 is 2.27 bits per heavy atom. The summed E-state index contributed by atoms with van der Waals surface area (Å²) in [6.07, 6.45) is 4.81. The molecular formula is C30H43N5O6. The number of nitrogens with zero attached hydrogens (tertiary/aromatic N) is 3. The van der Waals surface area contributed by atoms with E-state index in [4.69, 9.17) is 20.9 Å². The SMILES string of the molecule is COc1ccc(CN2CC(OC)[C@@]3(C[C@@H](C(N)=O)N(C(=O)C(CC4CC4)N(C)C(=O)C(N)CC4CC4)C3)C2=O)cc1. The number of primary amides is 1. The van der Waals surface area contributed by atoms with Crippen LogP contribution in [0.4, 0.5) is 0 Å². The van der Waals surface area contributed by atoms with Crippen molar-refractivity contribution in [3.63, 3.8) is 0 Å². The zero-order chi connectivity index (χ0) is 29.5. The van der Waals surface area contributed by atoms with E-state index in [0.717, 1.165) is 37.0 Å². The number of rotatable bonds is 12. The van der Waals surface area contributed by atoms with Crippen LogP contribution in [-0.4, -0.2) is 96.9 Å². The Morgan fingerprint density at radius 2 is 1.71 bits per heavy atom. The molecule has 0 bridgehead atoms. The van der Waals surface area contributed by atoms with Gasteiger partial charge in [-0.15, -0.1) is 0 Å². The highest BCUT2D eigenvalue weighted by Crippen LogP contribution is 2.46.